The Kier molecular flexibility index (Phi) is 10.8. The van der Waals surface area contributed by atoms with Crippen LogP contribution in [0.5, 0.6) is 0 Å². The van der Waals surface area contributed by atoms with Crippen LogP contribution in [0.2, 0.25) is 0 Å². The first kappa shape index (κ1) is 26.0. The fraction of sp³-hybridized carbons (Fsp3) is 0.400. The smallest absolute Gasteiger partial charge is 0.326 e. The maximum absolute atomic E-state index is 12.7. The summed E-state index contributed by atoms with van der Waals surface area (Å²) in [6.07, 6.45) is 5.41. The minimum absolute atomic E-state index is 0.0439. The highest BCUT2D eigenvalue weighted by Crippen LogP contribution is 2.46. The molecule has 0 aliphatic rings. The summed E-state index contributed by atoms with van der Waals surface area (Å²) in [5, 5.41) is 5.80. The van der Waals surface area contributed by atoms with Gasteiger partial charge in [0.1, 0.15) is 0 Å². The number of rotatable bonds is 13. The lowest BCUT2D eigenvalue weighted by Gasteiger charge is -2.23. The summed E-state index contributed by atoms with van der Waals surface area (Å²) in [5.74, 6) is -0.0439. The molecule has 0 unspecified atom stereocenters. The molecule has 2 aromatic carbocycles. The fourth-order valence-electron chi connectivity index (χ4n) is 2.94. The van der Waals surface area contributed by atoms with E-state index >= 15 is 0 Å². The summed E-state index contributed by atoms with van der Waals surface area (Å²) in [6, 6.07) is 17.8. The molecule has 0 saturated heterocycles. The second kappa shape index (κ2) is 13.3. The number of benzene rings is 2. The van der Waals surface area contributed by atoms with Gasteiger partial charge in [-0.2, -0.15) is 0 Å². The van der Waals surface area contributed by atoms with Crippen molar-refractivity contribution in [2.75, 3.05) is 11.9 Å². The number of hydrogen-bond acceptors (Lipinski definition) is 4. The molecule has 1 amide bonds. The molecule has 0 atom stereocenters. The molecule has 7 heteroatoms. The lowest BCUT2D eigenvalue weighted by atomic mass is 10.1. The zero-order chi connectivity index (χ0) is 23.4. The van der Waals surface area contributed by atoms with E-state index in [1.807, 2.05) is 88.4 Å². The van der Waals surface area contributed by atoms with Crippen molar-refractivity contribution >= 4 is 31.5 Å². The minimum Gasteiger partial charge on any atom is -0.326 e. The van der Waals surface area contributed by atoms with Gasteiger partial charge in [0.25, 0.3) is 0 Å². The van der Waals surface area contributed by atoms with Crippen LogP contribution in [-0.4, -0.2) is 24.7 Å². The van der Waals surface area contributed by atoms with Crippen molar-refractivity contribution < 1.29 is 18.4 Å². The molecule has 0 saturated carbocycles. The second-order valence-electron chi connectivity index (χ2n) is 8.09. The quantitative estimate of drug-likeness (QED) is 0.203. The molecule has 0 bridgehead atoms. The van der Waals surface area contributed by atoms with Gasteiger partial charge in [0.2, 0.25) is 5.91 Å². The van der Waals surface area contributed by atoms with E-state index in [9.17, 15) is 9.36 Å². The van der Waals surface area contributed by atoms with Crippen molar-refractivity contribution in [2.45, 2.75) is 59.2 Å². The maximum atomic E-state index is 12.7. The third-order valence-electron chi connectivity index (χ3n) is 4.30. The van der Waals surface area contributed by atoms with Crippen LogP contribution in [0.1, 0.15) is 58.1 Å². The van der Waals surface area contributed by atoms with Gasteiger partial charge in [-0.3, -0.25) is 13.8 Å². The Hall–Kier alpha value is -2.24. The second-order valence-corrected chi connectivity index (χ2v) is 9.82. The van der Waals surface area contributed by atoms with E-state index in [1.165, 1.54) is 0 Å². The average Bonchev–Trinajstić information content (AvgIpc) is 2.72. The predicted molar refractivity (Wildman–Crippen MR) is 132 cm³/mol. The monoisotopic (exact) mass is 458 g/mol. The molecule has 2 rings (SSSR count). The summed E-state index contributed by atoms with van der Waals surface area (Å²) in [4.78, 5) is 12.2. The zero-order valence-corrected chi connectivity index (χ0v) is 20.3. The SMILES string of the molecule is CC(C)OP(=O)(NCCCCC(=O)Nc1ccc(/C=C/c2ccccc2)cc1)OC(C)C. The summed E-state index contributed by atoms with van der Waals surface area (Å²) in [7, 11) is -3.34. The van der Waals surface area contributed by atoms with Crippen LogP contribution in [0, 0.1) is 0 Å². The number of unbranched alkanes of at least 4 members (excludes halogenated alkanes) is 1. The maximum Gasteiger partial charge on any atom is 0.406 e. The number of amides is 1. The molecule has 2 N–H and O–H groups in total. The molecule has 0 radical (unpaired) electrons. The molecule has 174 valence electrons. The lowest BCUT2D eigenvalue weighted by Crippen LogP contribution is -2.21. The van der Waals surface area contributed by atoms with E-state index in [0.29, 0.717) is 25.8 Å². The van der Waals surface area contributed by atoms with Crippen LogP contribution in [0.3, 0.4) is 0 Å². The molecule has 6 nitrogen and oxygen atoms in total. The lowest BCUT2D eigenvalue weighted by molar-refractivity contribution is -0.116. The zero-order valence-electron chi connectivity index (χ0n) is 19.4. The molecule has 0 spiro atoms. The summed E-state index contributed by atoms with van der Waals surface area (Å²) in [5.41, 5.74) is 2.97. The standard InChI is InChI=1S/C25H35N2O4P/c1-20(2)30-32(29,31-21(3)4)26-19-9-8-12-25(28)27-24-17-15-23(16-18-24)14-13-22-10-6-5-7-11-22/h5-7,10-11,13-18,20-21H,8-9,12,19H2,1-4H3,(H,26,29)(H,27,28)/b14-13+. The van der Waals surface area contributed by atoms with E-state index in [2.05, 4.69) is 16.5 Å². The van der Waals surface area contributed by atoms with Crippen LogP contribution < -0.4 is 10.4 Å². The number of nitrogens with one attached hydrogen (secondary N) is 2. The van der Waals surface area contributed by atoms with E-state index in [-0.39, 0.29) is 18.1 Å². The van der Waals surface area contributed by atoms with Crippen molar-refractivity contribution in [2.24, 2.45) is 0 Å². The van der Waals surface area contributed by atoms with Gasteiger partial charge in [0.05, 0.1) is 12.2 Å². The van der Waals surface area contributed by atoms with E-state index in [0.717, 1.165) is 16.8 Å². The highest BCUT2D eigenvalue weighted by Gasteiger charge is 2.26. The van der Waals surface area contributed by atoms with Crippen LogP contribution in [0.15, 0.2) is 54.6 Å². The third kappa shape index (κ3) is 10.4. The van der Waals surface area contributed by atoms with Crippen molar-refractivity contribution in [3.8, 4) is 0 Å². The van der Waals surface area contributed by atoms with Gasteiger partial charge in [0.15, 0.2) is 0 Å². The highest BCUT2D eigenvalue weighted by molar-refractivity contribution is 7.51. The molecular weight excluding hydrogens is 423 g/mol. The van der Waals surface area contributed by atoms with Crippen LogP contribution >= 0.6 is 7.75 Å². The summed E-state index contributed by atoms with van der Waals surface area (Å²) in [6.45, 7) is 7.71. The van der Waals surface area contributed by atoms with Crippen molar-refractivity contribution in [3.63, 3.8) is 0 Å². The van der Waals surface area contributed by atoms with Crippen molar-refractivity contribution in [1.82, 2.24) is 5.09 Å². The van der Waals surface area contributed by atoms with Gasteiger partial charge in [0, 0.05) is 18.7 Å². The van der Waals surface area contributed by atoms with Gasteiger partial charge in [-0.15, -0.1) is 0 Å². The first-order valence-electron chi connectivity index (χ1n) is 11.1. The Morgan fingerprint density at radius 2 is 1.44 bits per heavy atom. The molecule has 0 aromatic heterocycles. The Bertz CT molecular complexity index is 882. The van der Waals surface area contributed by atoms with E-state index in [4.69, 9.17) is 9.05 Å². The normalized spacial score (nSPS) is 12.1. The molecule has 0 aliphatic carbocycles. The Morgan fingerprint density at radius 1 is 0.875 bits per heavy atom. The van der Waals surface area contributed by atoms with Crippen molar-refractivity contribution in [1.29, 1.82) is 0 Å². The van der Waals surface area contributed by atoms with Gasteiger partial charge in [-0.1, -0.05) is 54.6 Å². The third-order valence-corrected chi connectivity index (χ3v) is 6.31. The van der Waals surface area contributed by atoms with Crippen molar-refractivity contribution in [3.05, 3.63) is 65.7 Å². The predicted octanol–water partition coefficient (Wildman–Crippen LogP) is 6.51. The van der Waals surface area contributed by atoms with Crippen LogP contribution in [-0.2, 0) is 18.4 Å². The Labute approximate surface area is 192 Å². The van der Waals surface area contributed by atoms with Gasteiger partial charge in [-0.25, -0.2) is 9.65 Å². The molecule has 32 heavy (non-hydrogen) atoms. The van der Waals surface area contributed by atoms with Gasteiger partial charge >= 0.3 is 7.75 Å². The largest absolute Gasteiger partial charge is 0.406 e. The van der Waals surface area contributed by atoms with Crippen LogP contribution in [0.25, 0.3) is 12.2 Å². The molecule has 0 fully saturated rings. The highest BCUT2D eigenvalue weighted by atomic mass is 31.2. The van der Waals surface area contributed by atoms with E-state index < -0.39 is 7.75 Å². The molecule has 2 aromatic rings. The minimum atomic E-state index is -3.34. The first-order chi connectivity index (χ1) is 15.3. The number of hydrogen-bond donors (Lipinski definition) is 2. The van der Waals surface area contributed by atoms with Gasteiger partial charge in [-0.05, 0) is 63.8 Å². The topological polar surface area (TPSA) is 76.7 Å². The summed E-state index contributed by atoms with van der Waals surface area (Å²) < 4.78 is 23.6. The van der Waals surface area contributed by atoms with E-state index in [1.54, 1.807) is 0 Å². The molecule has 0 aliphatic heterocycles. The first-order valence-corrected chi connectivity index (χ1v) is 12.6. The van der Waals surface area contributed by atoms with Crippen LogP contribution in [0.4, 0.5) is 5.69 Å². The number of carbonyl (C=O) groups is 1. The molecular formula is C25H35N2O4P. The summed E-state index contributed by atoms with van der Waals surface area (Å²) >= 11 is 0. The number of carbonyl (C=O) groups excluding carboxylic acids is 1. The fourth-order valence-corrected chi connectivity index (χ4v) is 4.68. The van der Waals surface area contributed by atoms with Gasteiger partial charge < -0.3 is 5.32 Å². The average molecular weight is 459 g/mol. The molecule has 0 heterocycles. The Morgan fingerprint density at radius 3 is 2.00 bits per heavy atom. The number of anilines is 1. The Balaban J connectivity index is 1.71.